The number of Topliss-reactive ketones (excluding diaryl/α,β-unsaturated/α-hetero) is 1. The second kappa shape index (κ2) is 12.2. The molecule has 230 valence electrons. The average Bonchev–Trinajstić information content (AvgIpc) is 3.80. The van der Waals surface area contributed by atoms with Crippen LogP contribution < -0.4 is 10.2 Å². The summed E-state index contributed by atoms with van der Waals surface area (Å²) in [5.74, 6) is -1.42. The van der Waals surface area contributed by atoms with Crippen molar-refractivity contribution in [1.82, 2.24) is 20.1 Å². The molecule has 1 aliphatic carbocycles. The van der Waals surface area contributed by atoms with Crippen LogP contribution in [0.2, 0.25) is 0 Å². The van der Waals surface area contributed by atoms with Crippen molar-refractivity contribution in [3.8, 4) is 11.3 Å². The van der Waals surface area contributed by atoms with E-state index in [-0.39, 0.29) is 35.9 Å². The lowest BCUT2D eigenvalue weighted by molar-refractivity contribution is -0.131. The molecular formula is C32H40FN5O4S. The molecule has 1 aromatic heterocycles. The number of halogens is 1. The minimum Gasteiger partial charge on any atom is -0.368 e. The van der Waals surface area contributed by atoms with Crippen LogP contribution in [0.4, 0.5) is 9.52 Å². The maximum atomic E-state index is 15.5. The van der Waals surface area contributed by atoms with Crippen LogP contribution in [0.5, 0.6) is 0 Å². The number of nitrogens with zero attached hydrogens (tertiary/aromatic N) is 4. The van der Waals surface area contributed by atoms with E-state index in [9.17, 15) is 14.4 Å². The Labute approximate surface area is 256 Å². The van der Waals surface area contributed by atoms with Crippen molar-refractivity contribution < 1.29 is 23.5 Å². The third kappa shape index (κ3) is 5.68. The van der Waals surface area contributed by atoms with Crippen LogP contribution in [0.3, 0.4) is 0 Å². The number of hydrogen-bond donors (Lipinski definition) is 1. The lowest BCUT2D eigenvalue weighted by Gasteiger charge is -2.44. The van der Waals surface area contributed by atoms with Crippen molar-refractivity contribution in [3.63, 3.8) is 0 Å². The van der Waals surface area contributed by atoms with Gasteiger partial charge in [-0.1, -0.05) is 24.5 Å². The largest absolute Gasteiger partial charge is 0.368 e. The van der Waals surface area contributed by atoms with Gasteiger partial charge in [-0.15, -0.1) is 11.3 Å². The van der Waals surface area contributed by atoms with Gasteiger partial charge in [0.05, 0.1) is 11.8 Å². The summed E-state index contributed by atoms with van der Waals surface area (Å²) >= 11 is 1.49. The van der Waals surface area contributed by atoms with Crippen molar-refractivity contribution >= 4 is 34.4 Å². The standard InChI is InChI=1S/C32H40FN5O4S/c1-20(2)14-22-16-38(28-27(40)17-42-29(22)28)32(19-39,23-6-4-5-7-23)35-30(41)21-8-9-24(25(33)15-21)26-18-43-31(34-26)37-12-10-36(3)11-13-37/h8-9,14-15,18-19,22-23,28-29H,4-7,10-13,16-17H2,1-3H3,(H,35,41). The molecule has 1 amide bonds. The number of amides is 1. The number of hydrogen-bond acceptors (Lipinski definition) is 9. The fourth-order valence-corrected chi connectivity index (χ4v) is 8.14. The quantitative estimate of drug-likeness (QED) is 0.357. The fraction of sp³-hybridized carbons (Fsp3) is 0.562. The van der Waals surface area contributed by atoms with E-state index in [1.807, 2.05) is 24.1 Å². The molecule has 3 saturated heterocycles. The van der Waals surface area contributed by atoms with Gasteiger partial charge in [-0.25, -0.2) is 9.37 Å². The molecule has 11 heteroatoms. The molecule has 2 aromatic rings. The number of anilines is 1. The zero-order valence-electron chi connectivity index (χ0n) is 25.1. The van der Waals surface area contributed by atoms with Crippen molar-refractivity contribution in [2.75, 3.05) is 51.3 Å². The van der Waals surface area contributed by atoms with E-state index in [1.54, 1.807) is 12.1 Å². The van der Waals surface area contributed by atoms with Crippen LogP contribution in [0, 0.1) is 17.7 Å². The number of ether oxygens (including phenoxy) is 1. The Morgan fingerprint density at radius 3 is 2.60 bits per heavy atom. The Kier molecular flexibility index (Phi) is 8.52. The number of fused-ring (bicyclic) bond motifs is 1. The van der Waals surface area contributed by atoms with E-state index in [4.69, 9.17) is 9.72 Å². The predicted octanol–water partition coefficient (Wildman–Crippen LogP) is 3.75. The lowest BCUT2D eigenvalue weighted by Crippen LogP contribution is -2.68. The molecule has 43 heavy (non-hydrogen) atoms. The topological polar surface area (TPSA) is 95.1 Å². The minimum absolute atomic E-state index is 0.00764. The number of benzene rings is 1. The Morgan fingerprint density at radius 1 is 1.19 bits per heavy atom. The molecule has 3 aliphatic heterocycles. The molecule has 0 spiro atoms. The number of allylic oxidation sites excluding steroid dienone is 1. The Morgan fingerprint density at radius 2 is 1.93 bits per heavy atom. The molecule has 6 rings (SSSR count). The van der Waals surface area contributed by atoms with Gasteiger partial charge in [0, 0.05) is 61.1 Å². The average molecular weight is 610 g/mol. The molecule has 4 fully saturated rings. The van der Waals surface area contributed by atoms with E-state index >= 15 is 4.39 Å². The highest BCUT2D eigenvalue weighted by Crippen LogP contribution is 2.43. The first-order chi connectivity index (χ1) is 20.7. The van der Waals surface area contributed by atoms with Gasteiger partial charge in [0.2, 0.25) is 0 Å². The normalized spacial score (nSPS) is 26.4. The number of ketones is 1. The molecule has 9 nitrogen and oxygen atoms in total. The first-order valence-corrected chi connectivity index (χ1v) is 16.1. The highest BCUT2D eigenvalue weighted by atomic mass is 32.1. The zero-order valence-corrected chi connectivity index (χ0v) is 25.9. The van der Waals surface area contributed by atoms with Crippen LogP contribution >= 0.6 is 11.3 Å². The van der Waals surface area contributed by atoms with Crippen LogP contribution in [-0.2, 0) is 14.3 Å². The number of thiazole rings is 1. The number of carbonyl (C=O) groups is 3. The smallest absolute Gasteiger partial charge is 0.253 e. The molecule has 1 aromatic carbocycles. The van der Waals surface area contributed by atoms with E-state index in [0.29, 0.717) is 17.8 Å². The Hall–Kier alpha value is -2.99. The highest BCUT2D eigenvalue weighted by molar-refractivity contribution is 7.14. The summed E-state index contributed by atoms with van der Waals surface area (Å²) in [4.78, 5) is 51.1. The highest BCUT2D eigenvalue weighted by Gasteiger charge is 2.59. The van der Waals surface area contributed by atoms with Gasteiger partial charge in [0.25, 0.3) is 5.91 Å². The van der Waals surface area contributed by atoms with Crippen LogP contribution in [0.15, 0.2) is 35.2 Å². The number of aldehydes is 1. The van der Waals surface area contributed by atoms with E-state index in [2.05, 4.69) is 28.2 Å². The molecule has 1 saturated carbocycles. The van der Waals surface area contributed by atoms with Gasteiger partial charge >= 0.3 is 0 Å². The second-order valence-corrected chi connectivity index (χ2v) is 13.5. The Bertz CT molecular complexity index is 1410. The lowest BCUT2D eigenvalue weighted by atomic mass is 9.88. The van der Waals surface area contributed by atoms with E-state index < -0.39 is 23.4 Å². The van der Waals surface area contributed by atoms with Crippen molar-refractivity contribution in [2.45, 2.75) is 57.3 Å². The van der Waals surface area contributed by atoms with Crippen molar-refractivity contribution in [2.24, 2.45) is 11.8 Å². The molecule has 4 atom stereocenters. The van der Waals surface area contributed by atoms with Crippen molar-refractivity contribution in [3.05, 3.63) is 46.6 Å². The second-order valence-electron chi connectivity index (χ2n) is 12.6. The van der Waals surface area contributed by atoms with Gasteiger partial charge in [0.1, 0.15) is 18.5 Å². The zero-order chi connectivity index (χ0) is 30.3. The van der Waals surface area contributed by atoms with Gasteiger partial charge in [-0.2, -0.15) is 0 Å². The first kappa shape index (κ1) is 30.1. The minimum atomic E-state index is -1.40. The summed E-state index contributed by atoms with van der Waals surface area (Å²) in [6.07, 6.45) is 5.90. The molecule has 4 heterocycles. The number of nitrogens with one attached hydrogen (secondary N) is 1. The molecule has 1 N–H and O–H groups in total. The van der Waals surface area contributed by atoms with Gasteiger partial charge < -0.3 is 19.9 Å². The third-order valence-corrected chi connectivity index (χ3v) is 10.4. The number of likely N-dealkylation sites (N-methyl/N-ethyl adjacent to an activating group) is 1. The SMILES string of the molecule is CC(C)=CC1CN(C(C=O)(NC(=O)c2ccc(-c3csc(N4CCN(C)CC4)n3)c(F)c2)C2CCCC2)C2C(=O)COC12. The summed E-state index contributed by atoms with van der Waals surface area (Å²) in [7, 11) is 2.09. The predicted molar refractivity (Wildman–Crippen MR) is 164 cm³/mol. The maximum Gasteiger partial charge on any atom is 0.253 e. The summed E-state index contributed by atoms with van der Waals surface area (Å²) < 4.78 is 21.4. The summed E-state index contributed by atoms with van der Waals surface area (Å²) in [6.45, 7) is 8.04. The van der Waals surface area contributed by atoms with Crippen LogP contribution in [0.1, 0.15) is 49.9 Å². The molecule has 0 bridgehead atoms. The summed E-state index contributed by atoms with van der Waals surface area (Å²) in [5, 5.41) is 5.73. The molecule has 4 unspecified atom stereocenters. The molecule has 0 radical (unpaired) electrons. The molecular weight excluding hydrogens is 569 g/mol. The van der Waals surface area contributed by atoms with Crippen LogP contribution in [-0.4, -0.2) is 96.9 Å². The van der Waals surface area contributed by atoms with E-state index in [1.165, 1.54) is 17.4 Å². The number of carbonyl (C=O) groups excluding carboxylic acids is 3. The fourth-order valence-electron chi connectivity index (χ4n) is 7.27. The number of piperazine rings is 1. The Balaban J connectivity index is 1.26. The van der Waals surface area contributed by atoms with E-state index in [0.717, 1.165) is 68.9 Å². The maximum absolute atomic E-state index is 15.5. The third-order valence-electron chi connectivity index (χ3n) is 9.49. The number of likely N-dealkylation sites (tertiary alicyclic amines) is 1. The summed E-state index contributed by atoms with van der Waals surface area (Å²) in [5.41, 5.74) is 0.675. The van der Waals surface area contributed by atoms with Gasteiger partial charge in [0.15, 0.2) is 22.9 Å². The van der Waals surface area contributed by atoms with Crippen molar-refractivity contribution in [1.29, 1.82) is 0 Å². The monoisotopic (exact) mass is 609 g/mol. The molecule has 4 aliphatic rings. The van der Waals surface area contributed by atoms with Crippen LogP contribution in [0.25, 0.3) is 11.3 Å². The van der Waals surface area contributed by atoms with Gasteiger partial charge in [-0.05, 0) is 51.9 Å². The number of aromatic nitrogens is 1. The first-order valence-electron chi connectivity index (χ1n) is 15.2. The summed E-state index contributed by atoms with van der Waals surface area (Å²) in [6, 6.07) is 3.75. The number of rotatable bonds is 8. The van der Waals surface area contributed by atoms with Gasteiger partial charge in [-0.3, -0.25) is 19.3 Å².